The predicted molar refractivity (Wildman–Crippen MR) is 115 cm³/mol. The van der Waals surface area contributed by atoms with Gasteiger partial charge in [0.15, 0.2) is 0 Å². The van der Waals surface area contributed by atoms with Crippen LogP contribution in [-0.4, -0.2) is 26.3 Å². The molecular formula is C23H24N2O3S. The average Bonchev–Trinajstić information content (AvgIpc) is 2.73. The molecule has 1 atom stereocenters. The van der Waals surface area contributed by atoms with Crippen molar-refractivity contribution in [2.75, 3.05) is 7.05 Å². The number of rotatable bonds is 6. The summed E-state index contributed by atoms with van der Waals surface area (Å²) in [5, 5.41) is 5.21. The van der Waals surface area contributed by atoms with Crippen molar-refractivity contribution in [2.45, 2.75) is 24.3 Å². The Morgan fingerprint density at radius 1 is 0.931 bits per heavy atom. The molecule has 2 N–H and O–H groups in total. The zero-order valence-corrected chi connectivity index (χ0v) is 17.3. The number of hydrogen-bond acceptors (Lipinski definition) is 3. The Morgan fingerprint density at radius 2 is 1.55 bits per heavy atom. The van der Waals surface area contributed by atoms with E-state index in [1.54, 1.807) is 24.1 Å². The number of nitrogens with zero attached hydrogens (tertiary/aromatic N) is 1. The standard InChI is InChI=1S/C23H24N2O3S/c1-17(21-9-6-10-22(16-21)29(24,27)28)25(2)23(26)15-18-11-13-20(14-12-18)19-7-4-3-5-8-19/h3-14,16-17H,15H2,1-2H3,(H2,24,27,28). The van der Waals surface area contributed by atoms with Crippen LogP contribution < -0.4 is 5.14 Å². The third kappa shape index (κ3) is 5.10. The zero-order chi connectivity index (χ0) is 21.0. The zero-order valence-electron chi connectivity index (χ0n) is 16.4. The summed E-state index contributed by atoms with van der Waals surface area (Å²) in [6.45, 7) is 1.86. The third-order valence-electron chi connectivity index (χ3n) is 5.06. The van der Waals surface area contributed by atoms with Crippen molar-refractivity contribution < 1.29 is 13.2 Å². The minimum Gasteiger partial charge on any atom is -0.339 e. The number of primary sulfonamides is 1. The normalized spacial score (nSPS) is 12.4. The van der Waals surface area contributed by atoms with Crippen LogP contribution in [0.5, 0.6) is 0 Å². The van der Waals surface area contributed by atoms with E-state index in [9.17, 15) is 13.2 Å². The monoisotopic (exact) mass is 408 g/mol. The first-order chi connectivity index (χ1) is 13.8. The fourth-order valence-corrected chi connectivity index (χ4v) is 3.70. The van der Waals surface area contributed by atoms with Gasteiger partial charge in [-0.25, -0.2) is 13.6 Å². The van der Waals surface area contributed by atoms with Gasteiger partial charge in [-0.2, -0.15) is 0 Å². The molecule has 0 radical (unpaired) electrons. The lowest BCUT2D eigenvalue weighted by molar-refractivity contribution is -0.131. The van der Waals surface area contributed by atoms with Crippen LogP contribution in [0.2, 0.25) is 0 Å². The van der Waals surface area contributed by atoms with Gasteiger partial charge in [-0.05, 0) is 41.3 Å². The van der Waals surface area contributed by atoms with E-state index in [1.165, 1.54) is 12.1 Å². The average molecular weight is 409 g/mol. The Morgan fingerprint density at radius 3 is 2.17 bits per heavy atom. The molecule has 5 nitrogen and oxygen atoms in total. The SMILES string of the molecule is CC(c1cccc(S(N)(=O)=O)c1)N(C)C(=O)Cc1ccc(-c2ccccc2)cc1. The van der Waals surface area contributed by atoms with Gasteiger partial charge in [0, 0.05) is 7.05 Å². The van der Waals surface area contributed by atoms with Crippen molar-refractivity contribution >= 4 is 15.9 Å². The minimum absolute atomic E-state index is 0.0409. The lowest BCUT2D eigenvalue weighted by Crippen LogP contribution is -2.31. The molecule has 3 rings (SSSR count). The highest BCUT2D eigenvalue weighted by atomic mass is 32.2. The Hall–Kier alpha value is -2.96. The van der Waals surface area contributed by atoms with Gasteiger partial charge in [0.05, 0.1) is 17.4 Å². The van der Waals surface area contributed by atoms with E-state index in [0.29, 0.717) is 5.56 Å². The van der Waals surface area contributed by atoms with Gasteiger partial charge < -0.3 is 4.90 Å². The molecule has 1 amide bonds. The second-order valence-corrected chi connectivity index (χ2v) is 8.60. The number of likely N-dealkylation sites (N-methyl/N-ethyl adjacent to an activating group) is 1. The Bertz CT molecular complexity index is 1090. The van der Waals surface area contributed by atoms with Crippen molar-refractivity contribution in [1.29, 1.82) is 0 Å². The summed E-state index contributed by atoms with van der Waals surface area (Å²) in [5.41, 5.74) is 3.87. The van der Waals surface area contributed by atoms with E-state index < -0.39 is 10.0 Å². The molecule has 150 valence electrons. The van der Waals surface area contributed by atoms with Crippen LogP contribution in [0.4, 0.5) is 0 Å². The summed E-state index contributed by atoms with van der Waals surface area (Å²) >= 11 is 0. The molecule has 1 unspecified atom stereocenters. The first-order valence-electron chi connectivity index (χ1n) is 9.28. The quantitative estimate of drug-likeness (QED) is 0.674. The molecule has 0 aromatic heterocycles. The molecule has 0 aliphatic carbocycles. The first-order valence-corrected chi connectivity index (χ1v) is 10.8. The largest absolute Gasteiger partial charge is 0.339 e. The molecule has 0 aliphatic heterocycles. The summed E-state index contributed by atoms with van der Waals surface area (Å²) in [4.78, 5) is 14.4. The van der Waals surface area contributed by atoms with Crippen molar-refractivity contribution in [3.8, 4) is 11.1 Å². The number of carbonyl (C=O) groups excluding carboxylic acids is 1. The van der Waals surface area contributed by atoms with Gasteiger partial charge in [0.1, 0.15) is 0 Å². The smallest absolute Gasteiger partial charge is 0.238 e. The van der Waals surface area contributed by atoms with Crippen molar-refractivity contribution in [3.63, 3.8) is 0 Å². The molecule has 0 spiro atoms. The van der Waals surface area contributed by atoms with Gasteiger partial charge in [0.2, 0.25) is 15.9 Å². The van der Waals surface area contributed by atoms with E-state index in [0.717, 1.165) is 16.7 Å². The molecule has 0 aliphatic rings. The Kier molecular flexibility index (Phi) is 6.15. The molecule has 29 heavy (non-hydrogen) atoms. The molecule has 0 saturated heterocycles. The van der Waals surface area contributed by atoms with Crippen LogP contribution in [0.3, 0.4) is 0 Å². The number of carbonyl (C=O) groups is 1. The van der Waals surface area contributed by atoms with Crippen molar-refractivity contribution in [1.82, 2.24) is 4.90 Å². The van der Waals surface area contributed by atoms with Crippen molar-refractivity contribution in [3.05, 3.63) is 90.0 Å². The molecule has 0 saturated carbocycles. The summed E-state index contributed by atoms with van der Waals surface area (Å²) in [7, 11) is -2.07. The number of sulfonamides is 1. The summed E-state index contributed by atoms with van der Waals surface area (Å²) in [6.07, 6.45) is 0.269. The minimum atomic E-state index is -3.78. The van der Waals surface area contributed by atoms with E-state index >= 15 is 0 Å². The second kappa shape index (κ2) is 8.59. The molecule has 3 aromatic rings. The van der Waals surface area contributed by atoms with Crippen LogP contribution in [-0.2, 0) is 21.2 Å². The molecule has 0 bridgehead atoms. The fraction of sp³-hybridized carbons (Fsp3) is 0.174. The maximum Gasteiger partial charge on any atom is 0.238 e. The molecular weight excluding hydrogens is 384 g/mol. The number of nitrogens with two attached hydrogens (primary N) is 1. The first kappa shape index (κ1) is 20.8. The van der Waals surface area contributed by atoms with Crippen LogP contribution in [0.25, 0.3) is 11.1 Å². The van der Waals surface area contributed by atoms with Gasteiger partial charge >= 0.3 is 0 Å². The Balaban J connectivity index is 1.70. The van der Waals surface area contributed by atoms with Gasteiger partial charge in [-0.1, -0.05) is 66.7 Å². The number of amides is 1. The van der Waals surface area contributed by atoms with Crippen molar-refractivity contribution in [2.24, 2.45) is 5.14 Å². The summed E-state index contributed by atoms with van der Waals surface area (Å²) in [5.74, 6) is -0.0500. The fourth-order valence-electron chi connectivity index (χ4n) is 3.14. The summed E-state index contributed by atoms with van der Waals surface area (Å²) in [6, 6.07) is 24.1. The van der Waals surface area contributed by atoms with E-state index in [2.05, 4.69) is 0 Å². The number of hydrogen-bond donors (Lipinski definition) is 1. The van der Waals surface area contributed by atoms with Crippen LogP contribution in [0.1, 0.15) is 24.1 Å². The maximum atomic E-state index is 12.7. The van der Waals surface area contributed by atoms with Gasteiger partial charge in [0.25, 0.3) is 0 Å². The van der Waals surface area contributed by atoms with Crippen LogP contribution >= 0.6 is 0 Å². The lowest BCUT2D eigenvalue weighted by Gasteiger charge is -2.26. The topological polar surface area (TPSA) is 80.5 Å². The third-order valence-corrected chi connectivity index (χ3v) is 5.97. The molecule has 6 heteroatoms. The lowest BCUT2D eigenvalue weighted by atomic mass is 10.0. The highest BCUT2D eigenvalue weighted by Gasteiger charge is 2.19. The van der Waals surface area contributed by atoms with E-state index in [-0.39, 0.29) is 23.3 Å². The maximum absolute atomic E-state index is 12.7. The number of benzene rings is 3. The van der Waals surface area contributed by atoms with E-state index in [1.807, 2.05) is 61.5 Å². The highest BCUT2D eigenvalue weighted by Crippen LogP contribution is 2.23. The predicted octanol–water partition coefficient (Wildman–Crippen LogP) is 3.76. The molecule has 0 fully saturated rings. The molecule has 3 aromatic carbocycles. The van der Waals surface area contributed by atoms with Crippen LogP contribution in [0, 0.1) is 0 Å². The highest BCUT2D eigenvalue weighted by molar-refractivity contribution is 7.89. The summed E-state index contributed by atoms with van der Waals surface area (Å²) < 4.78 is 23.2. The Labute approximate surface area is 171 Å². The van der Waals surface area contributed by atoms with E-state index in [4.69, 9.17) is 5.14 Å². The van der Waals surface area contributed by atoms with Gasteiger partial charge in [-0.3, -0.25) is 4.79 Å². The molecule has 0 heterocycles. The van der Waals surface area contributed by atoms with Gasteiger partial charge in [-0.15, -0.1) is 0 Å². The van der Waals surface area contributed by atoms with Crippen LogP contribution in [0.15, 0.2) is 83.8 Å². The second-order valence-electron chi connectivity index (χ2n) is 7.04.